The van der Waals surface area contributed by atoms with Gasteiger partial charge in [0.05, 0.1) is 6.61 Å². The summed E-state index contributed by atoms with van der Waals surface area (Å²) in [6.45, 7) is 5.47. The van der Waals surface area contributed by atoms with Crippen LogP contribution in [0, 0.1) is 0 Å². The molecule has 0 fully saturated rings. The molecule has 1 rings (SSSR count). The fraction of sp³-hybridized carbons (Fsp3) is 0.600. The average molecular weight is 236 g/mol. The molecular formula is C15H24O2. The van der Waals surface area contributed by atoms with Gasteiger partial charge >= 0.3 is 0 Å². The minimum Gasteiger partial charge on any atom is -0.494 e. The monoisotopic (exact) mass is 236 g/mol. The summed E-state index contributed by atoms with van der Waals surface area (Å²) in [4.78, 5) is 0. The highest BCUT2D eigenvalue weighted by atomic mass is 16.5. The molecule has 1 unspecified atom stereocenters. The van der Waals surface area contributed by atoms with Crippen LogP contribution in [0.2, 0.25) is 0 Å². The van der Waals surface area contributed by atoms with E-state index in [9.17, 15) is 0 Å². The van der Waals surface area contributed by atoms with Gasteiger partial charge in [0.1, 0.15) is 5.75 Å². The first kappa shape index (κ1) is 14.0. The first-order valence-corrected chi connectivity index (χ1v) is 6.61. The van der Waals surface area contributed by atoms with Crippen molar-refractivity contribution in [3.05, 3.63) is 29.8 Å². The predicted molar refractivity (Wildman–Crippen MR) is 71.6 cm³/mol. The molecule has 0 aliphatic rings. The number of aliphatic hydroxyl groups is 1. The maximum absolute atomic E-state index is 8.65. The van der Waals surface area contributed by atoms with Crippen molar-refractivity contribution >= 4 is 0 Å². The topological polar surface area (TPSA) is 29.5 Å². The van der Waals surface area contributed by atoms with Gasteiger partial charge in [-0.05, 0) is 49.3 Å². The van der Waals surface area contributed by atoms with Gasteiger partial charge in [0.25, 0.3) is 0 Å². The van der Waals surface area contributed by atoms with Crippen LogP contribution in [0.3, 0.4) is 0 Å². The summed E-state index contributed by atoms with van der Waals surface area (Å²) in [5.41, 5.74) is 1.38. The van der Waals surface area contributed by atoms with Crippen LogP contribution in [0.25, 0.3) is 0 Å². The zero-order valence-corrected chi connectivity index (χ0v) is 11.0. The van der Waals surface area contributed by atoms with E-state index in [1.807, 2.05) is 12.1 Å². The third-order valence-corrected chi connectivity index (χ3v) is 3.13. The average Bonchev–Trinajstić information content (AvgIpc) is 2.38. The van der Waals surface area contributed by atoms with Gasteiger partial charge in [0.2, 0.25) is 0 Å². The van der Waals surface area contributed by atoms with Crippen molar-refractivity contribution in [2.24, 2.45) is 0 Å². The Hall–Kier alpha value is -1.02. The smallest absolute Gasteiger partial charge is 0.119 e. The van der Waals surface area contributed by atoms with Gasteiger partial charge in [-0.15, -0.1) is 0 Å². The number of hydrogen-bond donors (Lipinski definition) is 1. The van der Waals surface area contributed by atoms with Gasteiger partial charge in [-0.2, -0.15) is 0 Å². The maximum atomic E-state index is 8.65. The van der Waals surface area contributed by atoms with E-state index in [0.717, 1.165) is 31.6 Å². The maximum Gasteiger partial charge on any atom is 0.119 e. The lowest BCUT2D eigenvalue weighted by atomic mass is 9.99. The second-order valence-corrected chi connectivity index (χ2v) is 4.51. The lowest BCUT2D eigenvalue weighted by Gasteiger charge is -2.10. The van der Waals surface area contributed by atoms with E-state index in [2.05, 4.69) is 26.0 Å². The molecule has 96 valence electrons. The third-order valence-electron chi connectivity index (χ3n) is 3.13. The van der Waals surface area contributed by atoms with E-state index in [1.54, 1.807) is 0 Å². The van der Waals surface area contributed by atoms with E-state index >= 15 is 0 Å². The van der Waals surface area contributed by atoms with Gasteiger partial charge in [-0.3, -0.25) is 0 Å². The summed E-state index contributed by atoms with van der Waals surface area (Å²) in [7, 11) is 0. The number of ether oxygens (including phenoxy) is 1. The van der Waals surface area contributed by atoms with Crippen molar-refractivity contribution < 1.29 is 9.84 Å². The van der Waals surface area contributed by atoms with Crippen molar-refractivity contribution in [3.8, 4) is 5.75 Å². The highest BCUT2D eigenvalue weighted by molar-refractivity contribution is 5.29. The molecule has 0 amide bonds. The predicted octanol–water partition coefficient (Wildman–Crippen LogP) is 3.74. The van der Waals surface area contributed by atoms with Crippen molar-refractivity contribution in [2.75, 3.05) is 13.2 Å². The highest BCUT2D eigenvalue weighted by Crippen LogP contribution is 2.21. The van der Waals surface area contributed by atoms with Crippen molar-refractivity contribution in [1.82, 2.24) is 0 Å². The summed E-state index contributed by atoms with van der Waals surface area (Å²) in [5, 5.41) is 8.65. The molecule has 0 aromatic heterocycles. The molecular weight excluding hydrogens is 212 g/mol. The van der Waals surface area contributed by atoms with E-state index in [-0.39, 0.29) is 6.61 Å². The Morgan fingerprint density at radius 1 is 1.12 bits per heavy atom. The van der Waals surface area contributed by atoms with Crippen LogP contribution in [-0.4, -0.2) is 18.3 Å². The standard InChI is InChI=1S/C15H24O2/c1-3-13(2)14-7-9-15(10-8-14)17-12-6-4-5-11-16/h7-10,13,16H,3-6,11-12H2,1-2H3. The Morgan fingerprint density at radius 2 is 1.82 bits per heavy atom. The Bertz CT molecular complexity index is 292. The van der Waals surface area contributed by atoms with Crippen LogP contribution in [0.5, 0.6) is 5.75 Å². The van der Waals surface area contributed by atoms with E-state index in [1.165, 1.54) is 12.0 Å². The number of benzene rings is 1. The van der Waals surface area contributed by atoms with Gasteiger partial charge in [0, 0.05) is 6.61 Å². The molecule has 17 heavy (non-hydrogen) atoms. The molecule has 0 heterocycles. The van der Waals surface area contributed by atoms with Crippen molar-refractivity contribution in [1.29, 1.82) is 0 Å². The van der Waals surface area contributed by atoms with Crippen LogP contribution in [0.15, 0.2) is 24.3 Å². The lowest BCUT2D eigenvalue weighted by Crippen LogP contribution is -1.98. The summed E-state index contributed by atoms with van der Waals surface area (Å²) >= 11 is 0. The van der Waals surface area contributed by atoms with Crippen molar-refractivity contribution in [3.63, 3.8) is 0 Å². The molecule has 0 radical (unpaired) electrons. The Morgan fingerprint density at radius 3 is 2.41 bits per heavy atom. The van der Waals surface area contributed by atoms with E-state index < -0.39 is 0 Å². The molecule has 0 aliphatic carbocycles. The normalized spacial score (nSPS) is 12.4. The Balaban J connectivity index is 2.30. The van der Waals surface area contributed by atoms with Gasteiger partial charge in [-0.25, -0.2) is 0 Å². The number of hydrogen-bond acceptors (Lipinski definition) is 2. The number of aliphatic hydroxyl groups excluding tert-OH is 1. The first-order chi connectivity index (χ1) is 8.27. The fourth-order valence-corrected chi connectivity index (χ4v) is 1.71. The van der Waals surface area contributed by atoms with Crippen LogP contribution >= 0.6 is 0 Å². The molecule has 2 nitrogen and oxygen atoms in total. The lowest BCUT2D eigenvalue weighted by molar-refractivity contribution is 0.266. The van der Waals surface area contributed by atoms with Gasteiger partial charge in [-0.1, -0.05) is 26.0 Å². The summed E-state index contributed by atoms with van der Waals surface area (Å²) < 4.78 is 5.64. The van der Waals surface area contributed by atoms with Crippen LogP contribution < -0.4 is 4.74 Å². The van der Waals surface area contributed by atoms with Crippen LogP contribution in [0.1, 0.15) is 51.0 Å². The third kappa shape index (κ3) is 5.22. The molecule has 0 saturated heterocycles. The molecule has 0 bridgehead atoms. The quantitative estimate of drug-likeness (QED) is 0.697. The zero-order chi connectivity index (χ0) is 12.5. The molecule has 1 aromatic carbocycles. The number of unbranched alkanes of at least 4 members (excludes halogenated alkanes) is 2. The molecule has 1 N–H and O–H groups in total. The van der Waals surface area contributed by atoms with Crippen molar-refractivity contribution in [2.45, 2.75) is 45.4 Å². The summed E-state index contributed by atoms with van der Waals surface area (Å²) in [5.74, 6) is 1.56. The molecule has 1 aromatic rings. The van der Waals surface area contributed by atoms with Gasteiger partial charge in [0.15, 0.2) is 0 Å². The van der Waals surface area contributed by atoms with Gasteiger partial charge < -0.3 is 9.84 Å². The summed E-state index contributed by atoms with van der Waals surface area (Å²) in [6, 6.07) is 8.40. The second-order valence-electron chi connectivity index (χ2n) is 4.51. The molecule has 1 atom stereocenters. The zero-order valence-electron chi connectivity index (χ0n) is 11.0. The SMILES string of the molecule is CCC(C)c1ccc(OCCCCCO)cc1. The van der Waals surface area contributed by atoms with Crippen LogP contribution in [0.4, 0.5) is 0 Å². The minimum atomic E-state index is 0.281. The first-order valence-electron chi connectivity index (χ1n) is 6.61. The minimum absolute atomic E-state index is 0.281. The second kappa shape index (κ2) is 8.13. The molecule has 0 spiro atoms. The Kier molecular flexibility index (Phi) is 6.71. The van der Waals surface area contributed by atoms with E-state index in [0.29, 0.717) is 5.92 Å². The van der Waals surface area contributed by atoms with E-state index in [4.69, 9.17) is 9.84 Å². The number of rotatable bonds is 8. The fourth-order valence-electron chi connectivity index (χ4n) is 1.71. The molecule has 0 aliphatic heterocycles. The van der Waals surface area contributed by atoms with Crippen LogP contribution in [-0.2, 0) is 0 Å². The molecule has 0 saturated carbocycles. The largest absolute Gasteiger partial charge is 0.494 e. The highest BCUT2D eigenvalue weighted by Gasteiger charge is 2.02. The molecule has 2 heteroatoms. The summed E-state index contributed by atoms with van der Waals surface area (Å²) in [6.07, 6.45) is 4.08. The Labute approximate surface area is 105 Å².